The number of carbonyl (C=O) groups is 2. The fraction of sp³-hybridized carbons (Fsp3) is 0.577. The lowest BCUT2D eigenvalue weighted by atomic mass is 9.95. The molecule has 1 aliphatic rings. The van der Waals surface area contributed by atoms with Crippen molar-refractivity contribution in [2.24, 2.45) is 5.92 Å². The zero-order valence-electron chi connectivity index (χ0n) is 21.1. The molecule has 1 fully saturated rings. The molecular formula is C26H38N4O3. The molecule has 1 aliphatic heterocycles. The van der Waals surface area contributed by atoms with Crippen molar-refractivity contribution < 1.29 is 14.3 Å². The standard InChI is InChI=1S/C26H38N4O3/c1-18(2)23-22(16-27-30(23)21-10-8-19(3)9-11-21)24(31)29-14-12-20(13-15-29)17-28(7)25(32)33-26(4,5)6/h8-11,16,18,20H,12-15,17H2,1-7H3. The molecule has 1 saturated heterocycles. The molecule has 7 heteroatoms. The number of nitrogens with zero attached hydrogens (tertiary/aromatic N) is 4. The smallest absolute Gasteiger partial charge is 0.410 e. The molecule has 0 bridgehead atoms. The van der Waals surface area contributed by atoms with E-state index in [1.54, 1.807) is 18.1 Å². The van der Waals surface area contributed by atoms with Gasteiger partial charge in [-0.05, 0) is 64.5 Å². The Balaban J connectivity index is 1.65. The van der Waals surface area contributed by atoms with Crippen LogP contribution in [0.15, 0.2) is 30.5 Å². The molecule has 33 heavy (non-hydrogen) atoms. The van der Waals surface area contributed by atoms with Crippen molar-refractivity contribution in [3.8, 4) is 5.69 Å². The third-order valence-electron chi connectivity index (χ3n) is 6.00. The highest BCUT2D eigenvalue weighted by Crippen LogP contribution is 2.27. The summed E-state index contributed by atoms with van der Waals surface area (Å²) in [6.07, 6.45) is 3.13. The van der Waals surface area contributed by atoms with Crippen LogP contribution in [0.4, 0.5) is 4.79 Å². The first-order chi connectivity index (χ1) is 15.5. The first-order valence-electron chi connectivity index (χ1n) is 11.8. The zero-order chi connectivity index (χ0) is 24.3. The van der Waals surface area contributed by atoms with Gasteiger partial charge in [-0.25, -0.2) is 9.48 Å². The van der Waals surface area contributed by atoms with Gasteiger partial charge in [0, 0.05) is 26.7 Å². The van der Waals surface area contributed by atoms with Gasteiger partial charge in [-0.3, -0.25) is 4.79 Å². The maximum absolute atomic E-state index is 13.4. The van der Waals surface area contributed by atoms with E-state index in [2.05, 4.69) is 38.0 Å². The molecule has 2 aromatic rings. The molecular weight excluding hydrogens is 416 g/mol. The number of aryl methyl sites for hydroxylation is 1. The van der Waals surface area contributed by atoms with Crippen molar-refractivity contribution >= 4 is 12.0 Å². The van der Waals surface area contributed by atoms with E-state index in [4.69, 9.17) is 4.74 Å². The molecule has 0 spiro atoms. The van der Waals surface area contributed by atoms with Crippen LogP contribution in [0.25, 0.3) is 5.69 Å². The van der Waals surface area contributed by atoms with Gasteiger partial charge in [0.2, 0.25) is 0 Å². The highest BCUT2D eigenvalue weighted by Gasteiger charge is 2.30. The van der Waals surface area contributed by atoms with E-state index in [0.29, 0.717) is 31.1 Å². The summed E-state index contributed by atoms with van der Waals surface area (Å²) in [6.45, 7) is 13.9. The van der Waals surface area contributed by atoms with Crippen molar-refractivity contribution in [1.29, 1.82) is 0 Å². The lowest BCUT2D eigenvalue weighted by Crippen LogP contribution is -2.43. The first-order valence-corrected chi connectivity index (χ1v) is 11.8. The fourth-order valence-electron chi connectivity index (χ4n) is 4.26. The number of likely N-dealkylation sites (tertiary alicyclic amines) is 1. The van der Waals surface area contributed by atoms with Crippen LogP contribution in [0.1, 0.15) is 75.0 Å². The van der Waals surface area contributed by atoms with Gasteiger partial charge in [-0.1, -0.05) is 31.5 Å². The largest absolute Gasteiger partial charge is 0.444 e. The second kappa shape index (κ2) is 9.98. The SMILES string of the molecule is Cc1ccc(-n2ncc(C(=O)N3CCC(CN(C)C(=O)OC(C)(C)C)CC3)c2C(C)C)cc1. The first kappa shape index (κ1) is 24.8. The Kier molecular flexibility index (Phi) is 7.50. The maximum atomic E-state index is 13.4. The topological polar surface area (TPSA) is 67.7 Å². The third kappa shape index (κ3) is 6.15. The molecule has 0 aliphatic carbocycles. The van der Waals surface area contributed by atoms with E-state index in [1.165, 1.54) is 5.56 Å². The molecule has 0 saturated carbocycles. The second-order valence-electron chi connectivity index (χ2n) is 10.4. The van der Waals surface area contributed by atoms with Crippen molar-refractivity contribution in [3.05, 3.63) is 47.3 Å². The van der Waals surface area contributed by atoms with Crippen molar-refractivity contribution in [3.63, 3.8) is 0 Å². The predicted molar refractivity (Wildman–Crippen MR) is 130 cm³/mol. The van der Waals surface area contributed by atoms with Crippen molar-refractivity contribution in [2.75, 3.05) is 26.7 Å². The Morgan fingerprint density at radius 3 is 2.30 bits per heavy atom. The van der Waals surface area contributed by atoms with E-state index in [0.717, 1.165) is 24.2 Å². The molecule has 0 N–H and O–H groups in total. The molecule has 1 aromatic carbocycles. The summed E-state index contributed by atoms with van der Waals surface area (Å²) in [5.41, 5.74) is 3.27. The highest BCUT2D eigenvalue weighted by molar-refractivity contribution is 5.95. The highest BCUT2D eigenvalue weighted by atomic mass is 16.6. The number of carbonyl (C=O) groups excluding carboxylic acids is 2. The predicted octanol–water partition coefficient (Wildman–Crippen LogP) is 5.02. The summed E-state index contributed by atoms with van der Waals surface area (Å²) in [4.78, 5) is 29.2. The fourth-order valence-corrected chi connectivity index (χ4v) is 4.26. The Morgan fingerprint density at radius 1 is 1.15 bits per heavy atom. The number of rotatable bonds is 5. The summed E-state index contributed by atoms with van der Waals surface area (Å²) in [6, 6.07) is 8.19. The lowest BCUT2D eigenvalue weighted by Gasteiger charge is -2.34. The van der Waals surface area contributed by atoms with Gasteiger partial charge in [0.05, 0.1) is 23.1 Å². The molecule has 0 atom stereocenters. The summed E-state index contributed by atoms with van der Waals surface area (Å²) >= 11 is 0. The Bertz CT molecular complexity index is 964. The molecule has 180 valence electrons. The van der Waals surface area contributed by atoms with Crippen LogP contribution in [0, 0.1) is 12.8 Å². The molecule has 1 aromatic heterocycles. The van der Waals surface area contributed by atoms with Crippen LogP contribution < -0.4 is 0 Å². The summed E-state index contributed by atoms with van der Waals surface area (Å²) in [5, 5.41) is 4.57. The molecule has 0 radical (unpaired) electrons. The molecule has 7 nitrogen and oxygen atoms in total. The summed E-state index contributed by atoms with van der Waals surface area (Å²) < 4.78 is 7.34. The summed E-state index contributed by atoms with van der Waals surface area (Å²) in [5.74, 6) is 0.551. The van der Waals surface area contributed by atoms with Gasteiger partial charge in [0.25, 0.3) is 5.91 Å². The third-order valence-corrected chi connectivity index (χ3v) is 6.00. The van der Waals surface area contributed by atoms with Crippen molar-refractivity contribution in [1.82, 2.24) is 19.6 Å². The number of amides is 2. The maximum Gasteiger partial charge on any atom is 0.410 e. The molecule has 2 amide bonds. The minimum atomic E-state index is -0.502. The number of piperidine rings is 1. The van der Waals surface area contributed by atoms with Gasteiger partial charge in [-0.2, -0.15) is 5.10 Å². The molecule has 0 unspecified atom stereocenters. The van der Waals surface area contributed by atoms with E-state index < -0.39 is 5.60 Å². The van der Waals surface area contributed by atoms with Gasteiger partial charge in [-0.15, -0.1) is 0 Å². The second-order valence-corrected chi connectivity index (χ2v) is 10.4. The Morgan fingerprint density at radius 2 is 1.76 bits per heavy atom. The molecule has 2 heterocycles. The Hall–Kier alpha value is -2.83. The summed E-state index contributed by atoms with van der Waals surface area (Å²) in [7, 11) is 1.78. The monoisotopic (exact) mass is 454 g/mol. The Labute approximate surface area is 197 Å². The lowest BCUT2D eigenvalue weighted by molar-refractivity contribution is 0.0246. The van der Waals surface area contributed by atoms with Crippen LogP contribution in [0.5, 0.6) is 0 Å². The van der Waals surface area contributed by atoms with E-state index in [1.807, 2.05) is 42.5 Å². The minimum Gasteiger partial charge on any atom is -0.444 e. The van der Waals surface area contributed by atoms with Gasteiger partial charge < -0.3 is 14.5 Å². The number of hydrogen-bond acceptors (Lipinski definition) is 4. The van der Waals surface area contributed by atoms with Gasteiger partial charge in [0.1, 0.15) is 5.60 Å². The van der Waals surface area contributed by atoms with E-state index in [-0.39, 0.29) is 17.9 Å². The minimum absolute atomic E-state index is 0.0380. The van der Waals surface area contributed by atoms with Crippen molar-refractivity contribution in [2.45, 2.75) is 65.9 Å². The van der Waals surface area contributed by atoms with Crippen LogP contribution >= 0.6 is 0 Å². The zero-order valence-corrected chi connectivity index (χ0v) is 21.1. The van der Waals surface area contributed by atoms with E-state index >= 15 is 0 Å². The van der Waals surface area contributed by atoms with Crippen LogP contribution in [-0.4, -0.2) is 63.9 Å². The van der Waals surface area contributed by atoms with Crippen LogP contribution in [0.3, 0.4) is 0 Å². The molecule has 3 rings (SSSR count). The number of ether oxygens (including phenoxy) is 1. The van der Waals surface area contributed by atoms with Gasteiger partial charge in [0.15, 0.2) is 0 Å². The van der Waals surface area contributed by atoms with Crippen LogP contribution in [0.2, 0.25) is 0 Å². The van der Waals surface area contributed by atoms with Crippen LogP contribution in [-0.2, 0) is 4.74 Å². The number of benzene rings is 1. The van der Waals surface area contributed by atoms with E-state index in [9.17, 15) is 9.59 Å². The average molecular weight is 455 g/mol. The average Bonchev–Trinajstić information content (AvgIpc) is 3.18. The number of hydrogen-bond donors (Lipinski definition) is 0. The van der Waals surface area contributed by atoms with Gasteiger partial charge >= 0.3 is 6.09 Å². The number of aromatic nitrogens is 2. The quantitative estimate of drug-likeness (QED) is 0.636. The normalized spacial score (nSPS) is 15.1.